The van der Waals surface area contributed by atoms with Crippen LogP contribution in [0, 0.1) is 17.6 Å². The number of halogens is 3. The van der Waals surface area contributed by atoms with Gasteiger partial charge in [0, 0.05) is 18.0 Å². The van der Waals surface area contributed by atoms with E-state index in [4.69, 9.17) is 5.73 Å². The summed E-state index contributed by atoms with van der Waals surface area (Å²) >= 11 is 0. The van der Waals surface area contributed by atoms with Gasteiger partial charge < -0.3 is 11.1 Å². The zero-order valence-corrected chi connectivity index (χ0v) is 11.9. The Morgan fingerprint density at radius 2 is 1.90 bits per heavy atom. The number of nitrogens with two attached hydrogens (primary N) is 1. The second-order valence-corrected chi connectivity index (χ2v) is 5.59. The Kier molecular flexibility index (Phi) is 4.04. The van der Waals surface area contributed by atoms with Crippen molar-refractivity contribution in [1.29, 1.82) is 0 Å². The van der Waals surface area contributed by atoms with Crippen molar-refractivity contribution < 1.29 is 18.4 Å². The Bertz CT molecular complexity index is 590. The monoisotopic (exact) mass is 316 g/mol. The third-order valence-electron chi connectivity index (χ3n) is 4.31. The maximum atomic E-state index is 13.3. The van der Waals surface area contributed by atoms with Crippen LogP contribution in [0.15, 0.2) is 18.2 Å². The number of amides is 1. The van der Waals surface area contributed by atoms with Crippen LogP contribution in [0.1, 0.15) is 18.4 Å². The first-order valence-corrected chi connectivity index (χ1v) is 6.43. The number of nitrogens with one attached hydrogen (secondary N) is 1. The third-order valence-corrected chi connectivity index (χ3v) is 4.31. The van der Waals surface area contributed by atoms with E-state index in [0.717, 1.165) is 6.07 Å². The molecule has 3 N–H and O–H groups in total. The van der Waals surface area contributed by atoms with Crippen LogP contribution < -0.4 is 11.1 Å². The second kappa shape index (κ2) is 5.35. The molecule has 2 aliphatic rings. The number of Topliss-reactive ketones (excluding diaryl/α,β-unsaturated/α-hetero) is 1. The van der Waals surface area contributed by atoms with Crippen LogP contribution in [0.2, 0.25) is 0 Å². The van der Waals surface area contributed by atoms with Crippen LogP contribution in [0.4, 0.5) is 8.78 Å². The van der Waals surface area contributed by atoms with Gasteiger partial charge in [-0.15, -0.1) is 12.4 Å². The molecule has 1 aliphatic heterocycles. The first kappa shape index (κ1) is 15.9. The molecule has 114 valence electrons. The van der Waals surface area contributed by atoms with Gasteiger partial charge in [-0.05, 0) is 30.0 Å². The van der Waals surface area contributed by atoms with E-state index in [-0.39, 0.29) is 35.9 Å². The highest BCUT2D eigenvalue weighted by molar-refractivity contribution is 6.00. The molecule has 3 atom stereocenters. The Morgan fingerprint density at radius 3 is 2.43 bits per heavy atom. The molecule has 1 amide bonds. The molecule has 1 saturated carbocycles. The lowest BCUT2D eigenvalue weighted by atomic mass is 9.93. The minimum atomic E-state index is -0.660. The molecule has 1 aromatic carbocycles. The second-order valence-electron chi connectivity index (χ2n) is 5.59. The summed E-state index contributed by atoms with van der Waals surface area (Å²) in [5.41, 5.74) is 5.20. The number of carbonyl (C=O) groups is 2. The van der Waals surface area contributed by atoms with Crippen molar-refractivity contribution in [3.8, 4) is 0 Å². The number of piperidine rings is 1. The highest BCUT2D eigenvalue weighted by atomic mass is 35.5. The van der Waals surface area contributed by atoms with Crippen LogP contribution in [0.3, 0.4) is 0 Å². The molecule has 3 rings (SSSR count). The predicted molar refractivity (Wildman–Crippen MR) is 74.0 cm³/mol. The van der Waals surface area contributed by atoms with Crippen LogP contribution >= 0.6 is 12.4 Å². The van der Waals surface area contributed by atoms with Crippen molar-refractivity contribution in [2.45, 2.75) is 24.3 Å². The van der Waals surface area contributed by atoms with Gasteiger partial charge in [-0.25, -0.2) is 8.78 Å². The summed E-state index contributed by atoms with van der Waals surface area (Å²) in [7, 11) is 0. The van der Waals surface area contributed by atoms with Crippen LogP contribution in [0.5, 0.6) is 0 Å². The quantitative estimate of drug-likeness (QED) is 0.816. The summed E-state index contributed by atoms with van der Waals surface area (Å²) in [4.78, 5) is 22.7. The van der Waals surface area contributed by atoms with Gasteiger partial charge in [-0.1, -0.05) is 0 Å². The number of carbonyl (C=O) groups excluding carboxylic acids is 2. The van der Waals surface area contributed by atoms with Crippen LogP contribution in [-0.2, 0) is 15.0 Å². The minimum Gasteiger partial charge on any atom is -0.369 e. The SMILES string of the molecule is Cl.NC(=O)CC(=O)C1NC[C@@]2(c3cc(F)cc(F)c3)C[C@@H]12. The van der Waals surface area contributed by atoms with E-state index in [0.29, 0.717) is 18.5 Å². The Labute approximate surface area is 126 Å². The number of ketones is 1. The van der Waals surface area contributed by atoms with Gasteiger partial charge in [-0.2, -0.15) is 0 Å². The molecule has 1 saturated heterocycles. The molecular weight excluding hydrogens is 302 g/mol. The normalized spacial score (nSPS) is 29.4. The van der Waals surface area contributed by atoms with Gasteiger partial charge >= 0.3 is 0 Å². The van der Waals surface area contributed by atoms with Crippen molar-refractivity contribution in [2.75, 3.05) is 6.54 Å². The maximum Gasteiger partial charge on any atom is 0.224 e. The number of hydrogen-bond donors (Lipinski definition) is 2. The van der Waals surface area contributed by atoms with E-state index in [2.05, 4.69) is 5.32 Å². The third kappa shape index (κ3) is 2.65. The van der Waals surface area contributed by atoms with E-state index in [1.165, 1.54) is 12.1 Å². The molecule has 7 heteroatoms. The van der Waals surface area contributed by atoms with Gasteiger partial charge in [-0.3, -0.25) is 9.59 Å². The van der Waals surface area contributed by atoms with Gasteiger partial charge in [0.15, 0.2) is 5.78 Å². The number of benzene rings is 1. The first-order chi connectivity index (χ1) is 9.42. The zero-order valence-electron chi connectivity index (χ0n) is 11.1. The van der Waals surface area contributed by atoms with E-state index >= 15 is 0 Å². The summed E-state index contributed by atoms with van der Waals surface area (Å²) in [6, 6.07) is 3.00. The highest BCUT2D eigenvalue weighted by Gasteiger charge is 2.64. The molecule has 0 radical (unpaired) electrons. The van der Waals surface area contributed by atoms with Crippen molar-refractivity contribution in [1.82, 2.24) is 5.32 Å². The maximum absolute atomic E-state index is 13.3. The molecule has 21 heavy (non-hydrogen) atoms. The summed E-state index contributed by atoms with van der Waals surface area (Å²) in [6.45, 7) is 0.482. The predicted octanol–water partition coefficient (Wildman–Crippen LogP) is 1.06. The fraction of sp³-hybridized carbons (Fsp3) is 0.429. The topological polar surface area (TPSA) is 72.2 Å². The van der Waals surface area contributed by atoms with E-state index in [9.17, 15) is 18.4 Å². The van der Waals surface area contributed by atoms with E-state index in [1.807, 2.05) is 0 Å². The molecule has 2 fully saturated rings. The molecule has 4 nitrogen and oxygen atoms in total. The van der Waals surface area contributed by atoms with Crippen LogP contribution in [0.25, 0.3) is 0 Å². The van der Waals surface area contributed by atoms with E-state index < -0.39 is 23.6 Å². The molecule has 0 bridgehead atoms. The fourth-order valence-corrected chi connectivity index (χ4v) is 3.30. The Hall–Kier alpha value is -1.53. The van der Waals surface area contributed by atoms with Crippen molar-refractivity contribution in [3.05, 3.63) is 35.4 Å². The molecular formula is C14H15ClF2N2O2. The smallest absolute Gasteiger partial charge is 0.224 e. The lowest BCUT2D eigenvalue weighted by molar-refractivity contribution is -0.127. The molecule has 1 aliphatic carbocycles. The average molecular weight is 317 g/mol. The van der Waals surface area contributed by atoms with Crippen molar-refractivity contribution in [2.24, 2.45) is 11.7 Å². The number of rotatable bonds is 4. The molecule has 1 unspecified atom stereocenters. The highest BCUT2D eigenvalue weighted by Crippen LogP contribution is 2.59. The number of fused-ring (bicyclic) bond motifs is 1. The summed E-state index contributed by atoms with van der Waals surface area (Å²) in [5.74, 6) is -2.17. The molecule has 0 spiro atoms. The molecule has 1 heterocycles. The Morgan fingerprint density at radius 1 is 1.29 bits per heavy atom. The van der Waals surface area contributed by atoms with Gasteiger partial charge in [0.05, 0.1) is 12.5 Å². The van der Waals surface area contributed by atoms with Gasteiger partial charge in [0.1, 0.15) is 11.6 Å². The Balaban J connectivity index is 0.00000161. The molecule has 1 aromatic rings. The summed E-state index contributed by atoms with van der Waals surface area (Å²) in [5, 5.41) is 3.04. The summed E-state index contributed by atoms with van der Waals surface area (Å²) < 4.78 is 26.6. The van der Waals surface area contributed by atoms with Gasteiger partial charge in [0.2, 0.25) is 5.91 Å². The zero-order chi connectivity index (χ0) is 14.5. The van der Waals surface area contributed by atoms with Gasteiger partial charge in [0.25, 0.3) is 0 Å². The van der Waals surface area contributed by atoms with E-state index in [1.54, 1.807) is 0 Å². The number of primary amides is 1. The average Bonchev–Trinajstić information content (AvgIpc) is 2.94. The van der Waals surface area contributed by atoms with Crippen molar-refractivity contribution >= 4 is 24.1 Å². The first-order valence-electron chi connectivity index (χ1n) is 6.43. The lowest BCUT2D eigenvalue weighted by Gasteiger charge is -2.12. The minimum absolute atomic E-state index is 0. The molecule has 0 aromatic heterocycles. The summed E-state index contributed by atoms with van der Waals surface area (Å²) in [6.07, 6.45) is 0.389. The van der Waals surface area contributed by atoms with Crippen molar-refractivity contribution in [3.63, 3.8) is 0 Å². The largest absolute Gasteiger partial charge is 0.369 e. The number of hydrogen-bond acceptors (Lipinski definition) is 3. The standard InChI is InChI=1S/C14H14F2N2O2.ClH/c15-8-1-7(2-9(16)3-8)14-5-10(14)13(18-6-14)11(19)4-12(17)20;/h1-3,10,13,18H,4-6H2,(H2,17,20);1H/t10-,13?,14+;/m0./s1. The van der Waals surface area contributed by atoms with Crippen LogP contribution in [-0.4, -0.2) is 24.3 Å². The fourth-order valence-electron chi connectivity index (χ4n) is 3.30. The lowest BCUT2D eigenvalue weighted by Crippen LogP contribution is -2.37.